The van der Waals surface area contributed by atoms with Gasteiger partial charge in [-0.3, -0.25) is 9.59 Å². The van der Waals surface area contributed by atoms with E-state index in [1.165, 1.54) is 0 Å². The minimum atomic E-state index is -1.25. The molecule has 0 saturated carbocycles. The van der Waals surface area contributed by atoms with Gasteiger partial charge < -0.3 is 20.2 Å². The van der Waals surface area contributed by atoms with Crippen molar-refractivity contribution in [1.29, 1.82) is 0 Å². The number of nitrogens with one attached hydrogen (secondary N) is 1. The molecule has 2 N–H and O–H groups in total. The summed E-state index contributed by atoms with van der Waals surface area (Å²) >= 11 is 0. The van der Waals surface area contributed by atoms with Crippen LogP contribution < -0.4 is 5.32 Å². The highest BCUT2D eigenvalue weighted by Crippen LogP contribution is 2.19. The SMILES string of the molecule is O=CN1CCN(C(=O)C2(O)CCCNC2)CC1. The number of hydrogen-bond donors (Lipinski definition) is 2. The van der Waals surface area contributed by atoms with Gasteiger partial charge >= 0.3 is 0 Å². The van der Waals surface area contributed by atoms with Gasteiger partial charge in [0.1, 0.15) is 0 Å². The van der Waals surface area contributed by atoms with E-state index in [0.29, 0.717) is 39.1 Å². The Bertz CT molecular complexity index is 294. The van der Waals surface area contributed by atoms with Gasteiger partial charge in [0.2, 0.25) is 6.41 Å². The van der Waals surface area contributed by atoms with Crippen molar-refractivity contribution in [2.24, 2.45) is 0 Å². The van der Waals surface area contributed by atoms with Crippen molar-refractivity contribution < 1.29 is 14.7 Å². The Labute approximate surface area is 101 Å². The van der Waals surface area contributed by atoms with Crippen LogP contribution in [0.25, 0.3) is 0 Å². The molecule has 17 heavy (non-hydrogen) atoms. The molecule has 2 amide bonds. The maximum atomic E-state index is 12.2. The van der Waals surface area contributed by atoms with Gasteiger partial charge in [0.25, 0.3) is 5.91 Å². The predicted octanol–water partition coefficient (Wildman–Crippen LogP) is -1.60. The van der Waals surface area contributed by atoms with Crippen LogP contribution >= 0.6 is 0 Å². The van der Waals surface area contributed by atoms with E-state index >= 15 is 0 Å². The van der Waals surface area contributed by atoms with Gasteiger partial charge in [0.15, 0.2) is 5.60 Å². The summed E-state index contributed by atoms with van der Waals surface area (Å²) in [5, 5.41) is 13.3. The number of rotatable bonds is 2. The molecular weight excluding hydrogens is 222 g/mol. The highest BCUT2D eigenvalue weighted by atomic mass is 16.3. The number of hydrogen-bond acceptors (Lipinski definition) is 4. The van der Waals surface area contributed by atoms with E-state index in [4.69, 9.17) is 0 Å². The molecule has 6 nitrogen and oxygen atoms in total. The minimum Gasteiger partial charge on any atom is -0.379 e. The smallest absolute Gasteiger partial charge is 0.255 e. The fourth-order valence-corrected chi connectivity index (χ4v) is 2.40. The summed E-state index contributed by atoms with van der Waals surface area (Å²) in [7, 11) is 0. The van der Waals surface area contributed by atoms with Gasteiger partial charge in [-0.15, -0.1) is 0 Å². The standard InChI is InChI=1S/C11H19N3O3/c15-9-13-4-6-14(7-5-13)10(16)11(17)2-1-3-12-8-11/h9,12,17H,1-8H2. The summed E-state index contributed by atoms with van der Waals surface area (Å²) in [6.07, 6.45) is 2.14. The average Bonchev–Trinajstić information content (AvgIpc) is 2.39. The lowest BCUT2D eigenvalue weighted by Crippen LogP contribution is -2.60. The van der Waals surface area contributed by atoms with Gasteiger partial charge in [0, 0.05) is 32.7 Å². The first-order valence-electron chi connectivity index (χ1n) is 6.07. The second kappa shape index (κ2) is 5.01. The number of piperazine rings is 1. The van der Waals surface area contributed by atoms with E-state index in [2.05, 4.69) is 5.32 Å². The summed E-state index contributed by atoms with van der Waals surface area (Å²) in [6.45, 7) is 3.32. The highest BCUT2D eigenvalue weighted by Gasteiger charge is 2.40. The third-order valence-electron chi connectivity index (χ3n) is 3.51. The number of aliphatic hydroxyl groups is 1. The Morgan fingerprint density at radius 2 is 2.00 bits per heavy atom. The molecule has 96 valence electrons. The van der Waals surface area contributed by atoms with Crippen molar-refractivity contribution in [1.82, 2.24) is 15.1 Å². The van der Waals surface area contributed by atoms with Crippen molar-refractivity contribution >= 4 is 12.3 Å². The number of piperidine rings is 1. The monoisotopic (exact) mass is 241 g/mol. The Hall–Kier alpha value is -1.14. The lowest BCUT2D eigenvalue weighted by molar-refractivity contribution is -0.155. The van der Waals surface area contributed by atoms with Gasteiger partial charge in [-0.05, 0) is 19.4 Å². The molecule has 2 saturated heterocycles. The first-order valence-corrected chi connectivity index (χ1v) is 6.07. The summed E-state index contributed by atoms with van der Waals surface area (Å²) in [5.74, 6) is -0.199. The zero-order valence-electron chi connectivity index (χ0n) is 9.89. The van der Waals surface area contributed by atoms with Crippen LogP contribution in [0.3, 0.4) is 0 Å². The van der Waals surface area contributed by atoms with E-state index < -0.39 is 5.60 Å². The van der Waals surface area contributed by atoms with Crippen molar-refractivity contribution in [3.05, 3.63) is 0 Å². The van der Waals surface area contributed by atoms with Crippen LogP contribution in [0.2, 0.25) is 0 Å². The zero-order chi connectivity index (χ0) is 12.3. The molecule has 0 aromatic rings. The van der Waals surface area contributed by atoms with Gasteiger partial charge in [-0.25, -0.2) is 0 Å². The molecule has 2 fully saturated rings. The van der Waals surface area contributed by atoms with E-state index in [1.807, 2.05) is 0 Å². The molecule has 2 aliphatic rings. The van der Waals surface area contributed by atoms with E-state index in [1.54, 1.807) is 9.80 Å². The lowest BCUT2D eigenvalue weighted by Gasteiger charge is -2.39. The predicted molar refractivity (Wildman–Crippen MR) is 61.3 cm³/mol. The lowest BCUT2D eigenvalue weighted by atomic mass is 9.92. The van der Waals surface area contributed by atoms with Crippen LogP contribution in [0.5, 0.6) is 0 Å². The topological polar surface area (TPSA) is 72.9 Å². The van der Waals surface area contributed by atoms with E-state index in [-0.39, 0.29) is 5.91 Å². The quantitative estimate of drug-likeness (QED) is 0.571. The molecular formula is C11H19N3O3. The van der Waals surface area contributed by atoms with Crippen LogP contribution in [-0.4, -0.2) is 72.1 Å². The number of amides is 2. The molecule has 0 aromatic carbocycles. The Morgan fingerprint density at radius 3 is 2.53 bits per heavy atom. The first-order chi connectivity index (χ1) is 8.15. The summed E-state index contributed by atoms with van der Waals surface area (Å²) < 4.78 is 0. The minimum absolute atomic E-state index is 0.199. The second-order valence-electron chi connectivity index (χ2n) is 4.75. The van der Waals surface area contributed by atoms with Crippen molar-refractivity contribution in [2.45, 2.75) is 18.4 Å². The van der Waals surface area contributed by atoms with Crippen LogP contribution in [0.4, 0.5) is 0 Å². The summed E-state index contributed by atoms with van der Waals surface area (Å²) in [6, 6.07) is 0. The van der Waals surface area contributed by atoms with Crippen molar-refractivity contribution in [3.8, 4) is 0 Å². The molecule has 0 aromatic heterocycles. The molecule has 2 rings (SSSR count). The maximum absolute atomic E-state index is 12.2. The third-order valence-corrected chi connectivity index (χ3v) is 3.51. The summed E-state index contributed by atoms with van der Waals surface area (Å²) in [4.78, 5) is 26.1. The normalized spacial score (nSPS) is 30.2. The molecule has 2 aliphatic heterocycles. The van der Waals surface area contributed by atoms with Crippen molar-refractivity contribution in [2.75, 3.05) is 39.3 Å². The number of β-amino-alcohol motifs (C(OH)–C–C–N with tert-alkyl or cyclic N) is 1. The number of carbonyl (C=O) groups is 2. The molecule has 0 spiro atoms. The molecule has 2 heterocycles. The first kappa shape index (κ1) is 12.3. The summed E-state index contributed by atoms with van der Waals surface area (Å²) in [5.41, 5.74) is -1.25. The number of nitrogens with zero attached hydrogens (tertiary/aromatic N) is 2. The molecule has 6 heteroatoms. The molecule has 0 radical (unpaired) electrons. The van der Waals surface area contributed by atoms with E-state index in [9.17, 15) is 14.7 Å². The number of carbonyl (C=O) groups excluding carboxylic acids is 2. The molecule has 0 bridgehead atoms. The largest absolute Gasteiger partial charge is 0.379 e. The van der Waals surface area contributed by atoms with Crippen LogP contribution in [0.15, 0.2) is 0 Å². The fraction of sp³-hybridized carbons (Fsp3) is 0.818. The highest BCUT2D eigenvalue weighted by molar-refractivity contribution is 5.85. The molecule has 1 atom stereocenters. The van der Waals surface area contributed by atoms with E-state index in [0.717, 1.165) is 19.4 Å². The Balaban J connectivity index is 1.93. The van der Waals surface area contributed by atoms with Crippen LogP contribution in [0.1, 0.15) is 12.8 Å². The maximum Gasteiger partial charge on any atom is 0.255 e. The van der Waals surface area contributed by atoms with Gasteiger partial charge in [-0.2, -0.15) is 0 Å². The van der Waals surface area contributed by atoms with Crippen LogP contribution in [-0.2, 0) is 9.59 Å². The Morgan fingerprint density at radius 1 is 1.29 bits per heavy atom. The molecule has 0 aliphatic carbocycles. The molecule has 1 unspecified atom stereocenters. The van der Waals surface area contributed by atoms with Crippen molar-refractivity contribution in [3.63, 3.8) is 0 Å². The third kappa shape index (κ3) is 2.58. The fourth-order valence-electron chi connectivity index (χ4n) is 2.40. The van der Waals surface area contributed by atoms with Gasteiger partial charge in [-0.1, -0.05) is 0 Å². The van der Waals surface area contributed by atoms with Gasteiger partial charge in [0.05, 0.1) is 0 Å². The van der Waals surface area contributed by atoms with Crippen LogP contribution in [0, 0.1) is 0 Å². The average molecular weight is 241 g/mol. The second-order valence-corrected chi connectivity index (χ2v) is 4.75. The zero-order valence-corrected chi connectivity index (χ0v) is 9.89. The Kier molecular flexibility index (Phi) is 3.63.